The fourth-order valence-electron chi connectivity index (χ4n) is 2.21. The summed E-state index contributed by atoms with van der Waals surface area (Å²) in [6.07, 6.45) is 0. The molecule has 1 amide bonds. The molecule has 0 unspecified atom stereocenters. The highest BCUT2D eigenvalue weighted by molar-refractivity contribution is 6.00. The number of carbonyl (C=O) groups is 1. The molecule has 0 aliphatic heterocycles. The third-order valence-corrected chi connectivity index (χ3v) is 3.29. The molecule has 0 saturated heterocycles. The van der Waals surface area contributed by atoms with Crippen LogP contribution in [0.2, 0.25) is 0 Å². The number of benzene rings is 2. The van der Waals surface area contributed by atoms with E-state index in [1.54, 1.807) is 12.1 Å². The number of nitrogen functional groups attached to an aromatic ring is 1. The van der Waals surface area contributed by atoms with E-state index in [1.165, 1.54) is 5.56 Å². The molecule has 20 heavy (non-hydrogen) atoms. The van der Waals surface area contributed by atoms with Crippen LogP contribution in [0.1, 0.15) is 22.8 Å². The SMILES string of the molecule is CCN(Cc1ccccc1)c1cccc(C(N)=O)c1N. The largest absolute Gasteiger partial charge is 0.396 e. The molecule has 4 heteroatoms. The Balaban J connectivity index is 2.33. The molecule has 4 N–H and O–H groups in total. The number of para-hydroxylation sites is 1. The van der Waals surface area contributed by atoms with Gasteiger partial charge in [-0.15, -0.1) is 0 Å². The number of hydrogen-bond acceptors (Lipinski definition) is 3. The maximum Gasteiger partial charge on any atom is 0.250 e. The van der Waals surface area contributed by atoms with Crippen molar-refractivity contribution >= 4 is 17.3 Å². The highest BCUT2D eigenvalue weighted by Crippen LogP contribution is 2.27. The van der Waals surface area contributed by atoms with Crippen LogP contribution in [0.5, 0.6) is 0 Å². The summed E-state index contributed by atoms with van der Waals surface area (Å²) in [4.78, 5) is 13.5. The molecular weight excluding hydrogens is 250 g/mol. The average molecular weight is 269 g/mol. The number of primary amides is 1. The summed E-state index contributed by atoms with van der Waals surface area (Å²) in [7, 11) is 0. The molecule has 0 radical (unpaired) electrons. The van der Waals surface area contributed by atoms with Gasteiger partial charge in [-0.3, -0.25) is 4.79 Å². The Hall–Kier alpha value is -2.49. The molecular formula is C16H19N3O. The van der Waals surface area contributed by atoms with E-state index in [2.05, 4.69) is 24.0 Å². The number of hydrogen-bond donors (Lipinski definition) is 2. The van der Waals surface area contributed by atoms with Crippen molar-refractivity contribution in [2.75, 3.05) is 17.2 Å². The van der Waals surface area contributed by atoms with E-state index in [9.17, 15) is 4.79 Å². The Bertz CT molecular complexity index is 596. The predicted molar refractivity (Wildman–Crippen MR) is 82.5 cm³/mol. The Morgan fingerprint density at radius 1 is 1.10 bits per heavy atom. The lowest BCUT2D eigenvalue weighted by Crippen LogP contribution is -2.24. The molecule has 0 aliphatic rings. The van der Waals surface area contributed by atoms with E-state index in [0.717, 1.165) is 18.8 Å². The molecule has 0 heterocycles. The van der Waals surface area contributed by atoms with Crippen molar-refractivity contribution in [1.29, 1.82) is 0 Å². The molecule has 2 rings (SSSR count). The minimum Gasteiger partial charge on any atom is -0.396 e. The first-order chi connectivity index (χ1) is 9.63. The standard InChI is InChI=1S/C16H19N3O/c1-2-19(11-12-7-4-3-5-8-12)14-10-6-9-13(15(14)17)16(18)20/h3-10H,2,11,17H2,1H3,(H2,18,20). The van der Waals surface area contributed by atoms with Gasteiger partial charge in [-0.25, -0.2) is 0 Å². The van der Waals surface area contributed by atoms with Gasteiger partial charge in [-0.2, -0.15) is 0 Å². The van der Waals surface area contributed by atoms with Crippen LogP contribution in [0.15, 0.2) is 48.5 Å². The van der Waals surface area contributed by atoms with Crippen LogP contribution in [0.4, 0.5) is 11.4 Å². The first kappa shape index (κ1) is 13.9. The molecule has 0 aliphatic carbocycles. The number of amides is 1. The second-order valence-corrected chi connectivity index (χ2v) is 4.60. The minimum atomic E-state index is -0.500. The van der Waals surface area contributed by atoms with E-state index < -0.39 is 5.91 Å². The van der Waals surface area contributed by atoms with Crippen LogP contribution in [-0.4, -0.2) is 12.5 Å². The lowest BCUT2D eigenvalue weighted by atomic mass is 10.1. The van der Waals surface area contributed by atoms with Gasteiger partial charge in [-0.1, -0.05) is 36.4 Å². The molecule has 0 aromatic heterocycles. The smallest absolute Gasteiger partial charge is 0.250 e. The third kappa shape index (κ3) is 2.91. The van der Waals surface area contributed by atoms with Gasteiger partial charge in [0, 0.05) is 13.1 Å². The number of carbonyl (C=O) groups excluding carboxylic acids is 1. The summed E-state index contributed by atoms with van der Waals surface area (Å²) < 4.78 is 0. The zero-order chi connectivity index (χ0) is 14.5. The first-order valence-electron chi connectivity index (χ1n) is 6.60. The van der Waals surface area contributed by atoms with Gasteiger partial charge in [0.15, 0.2) is 0 Å². The quantitative estimate of drug-likeness (QED) is 0.819. The van der Waals surface area contributed by atoms with Crippen LogP contribution in [0.25, 0.3) is 0 Å². The highest BCUT2D eigenvalue weighted by Gasteiger charge is 2.14. The van der Waals surface area contributed by atoms with Crippen molar-refractivity contribution in [3.05, 3.63) is 59.7 Å². The number of nitrogens with zero attached hydrogens (tertiary/aromatic N) is 1. The maximum atomic E-state index is 11.4. The second-order valence-electron chi connectivity index (χ2n) is 4.60. The number of anilines is 2. The molecule has 2 aromatic rings. The van der Waals surface area contributed by atoms with Crippen LogP contribution in [0, 0.1) is 0 Å². The molecule has 104 valence electrons. The van der Waals surface area contributed by atoms with Crippen molar-refractivity contribution in [3.63, 3.8) is 0 Å². The monoisotopic (exact) mass is 269 g/mol. The van der Waals surface area contributed by atoms with Gasteiger partial charge >= 0.3 is 0 Å². The summed E-state index contributed by atoms with van der Waals surface area (Å²) in [5.41, 5.74) is 14.3. The number of rotatable bonds is 5. The fraction of sp³-hybridized carbons (Fsp3) is 0.188. The van der Waals surface area contributed by atoms with Crippen molar-refractivity contribution < 1.29 is 4.79 Å². The lowest BCUT2D eigenvalue weighted by Gasteiger charge is -2.25. The Morgan fingerprint density at radius 3 is 2.40 bits per heavy atom. The van der Waals surface area contributed by atoms with Gasteiger partial charge in [0.05, 0.1) is 16.9 Å². The van der Waals surface area contributed by atoms with Crippen LogP contribution in [-0.2, 0) is 6.54 Å². The van der Waals surface area contributed by atoms with Crippen LogP contribution >= 0.6 is 0 Å². The zero-order valence-corrected chi connectivity index (χ0v) is 11.5. The normalized spacial score (nSPS) is 10.2. The van der Waals surface area contributed by atoms with Gasteiger partial charge < -0.3 is 16.4 Å². The summed E-state index contributed by atoms with van der Waals surface area (Å²) >= 11 is 0. The van der Waals surface area contributed by atoms with E-state index in [-0.39, 0.29) is 0 Å². The molecule has 4 nitrogen and oxygen atoms in total. The van der Waals surface area contributed by atoms with Crippen molar-refractivity contribution in [1.82, 2.24) is 0 Å². The van der Waals surface area contributed by atoms with Gasteiger partial charge in [0.1, 0.15) is 0 Å². The van der Waals surface area contributed by atoms with Crippen molar-refractivity contribution in [2.24, 2.45) is 5.73 Å². The zero-order valence-electron chi connectivity index (χ0n) is 11.5. The lowest BCUT2D eigenvalue weighted by molar-refractivity contribution is 0.100. The maximum absolute atomic E-state index is 11.4. The van der Waals surface area contributed by atoms with Crippen LogP contribution < -0.4 is 16.4 Å². The molecule has 0 atom stereocenters. The van der Waals surface area contributed by atoms with E-state index in [4.69, 9.17) is 11.5 Å². The summed E-state index contributed by atoms with van der Waals surface area (Å²) in [6, 6.07) is 15.5. The molecule has 0 saturated carbocycles. The second kappa shape index (κ2) is 6.10. The van der Waals surface area contributed by atoms with E-state index >= 15 is 0 Å². The number of nitrogens with two attached hydrogens (primary N) is 2. The first-order valence-corrected chi connectivity index (χ1v) is 6.60. The molecule has 2 aromatic carbocycles. The van der Waals surface area contributed by atoms with Crippen molar-refractivity contribution in [2.45, 2.75) is 13.5 Å². The van der Waals surface area contributed by atoms with Gasteiger partial charge in [0.25, 0.3) is 5.91 Å². The molecule has 0 fully saturated rings. The van der Waals surface area contributed by atoms with E-state index in [0.29, 0.717) is 11.3 Å². The average Bonchev–Trinajstić information content (AvgIpc) is 2.46. The van der Waals surface area contributed by atoms with Crippen molar-refractivity contribution in [3.8, 4) is 0 Å². The predicted octanol–water partition coefficient (Wildman–Crippen LogP) is 2.39. The summed E-state index contributed by atoms with van der Waals surface area (Å²) in [5, 5.41) is 0. The fourth-order valence-corrected chi connectivity index (χ4v) is 2.21. The summed E-state index contributed by atoms with van der Waals surface area (Å²) in [5.74, 6) is -0.500. The van der Waals surface area contributed by atoms with Gasteiger partial charge in [0.2, 0.25) is 0 Å². The molecule has 0 bridgehead atoms. The Morgan fingerprint density at radius 2 is 1.80 bits per heavy atom. The van der Waals surface area contributed by atoms with Gasteiger partial charge in [-0.05, 0) is 24.6 Å². The Kier molecular flexibility index (Phi) is 4.25. The third-order valence-electron chi connectivity index (χ3n) is 3.29. The minimum absolute atomic E-state index is 0.369. The van der Waals surface area contributed by atoms with Crippen LogP contribution in [0.3, 0.4) is 0 Å². The van der Waals surface area contributed by atoms with E-state index in [1.807, 2.05) is 24.3 Å². The topological polar surface area (TPSA) is 72.3 Å². The molecule has 0 spiro atoms. The summed E-state index contributed by atoms with van der Waals surface area (Å²) in [6.45, 7) is 3.59. The Labute approximate surface area is 119 Å². The highest BCUT2D eigenvalue weighted by atomic mass is 16.1.